The molecule has 1 saturated carbocycles. The normalized spacial score (nSPS) is 17.1. The predicted molar refractivity (Wildman–Crippen MR) is 66.6 cm³/mol. The molecule has 1 aliphatic rings. The number of aromatic amines is 2. The second-order valence-corrected chi connectivity index (χ2v) is 4.74. The lowest BCUT2D eigenvalue weighted by Crippen LogP contribution is -2.23. The lowest BCUT2D eigenvalue weighted by atomic mass is 9.87. The Hall–Kier alpha value is -1.98. The van der Waals surface area contributed by atoms with Crippen LogP contribution in [0, 0.1) is 0 Å². The summed E-state index contributed by atoms with van der Waals surface area (Å²) in [4.78, 5) is 35.9. The summed E-state index contributed by atoms with van der Waals surface area (Å²) in [5, 5.41) is 0. The highest BCUT2D eigenvalue weighted by atomic mass is 16.2. The predicted octanol–water partition coefficient (Wildman–Crippen LogP) is 1.05. The van der Waals surface area contributed by atoms with E-state index in [0.717, 1.165) is 18.5 Å². The number of nitrogens with one attached hydrogen (secondary N) is 2. The Morgan fingerprint density at radius 1 is 1.11 bits per heavy atom. The molecular weight excluding hydrogens is 232 g/mol. The maximum Gasteiger partial charge on any atom is 0.327 e. The molecule has 0 aliphatic heterocycles. The Labute approximate surface area is 102 Å². The molecular formula is C12H14N4O2. The molecule has 2 heterocycles. The van der Waals surface area contributed by atoms with Crippen molar-refractivity contribution in [1.82, 2.24) is 19.9 Å². The SMILES string of the molecule is O=c1[nH]c(=O)c2ncc(C3CCCCC3)nc2[nH]1. The van der Waals surface area contributed by atoms with Crippen molar-refractivity contribution in [1.29, 1.82) is 0 Å². The molecule has 2 aromatic heterocycles. The molecule has 0 aromatic carbocycles. The first-order valence-electron chi connectivity index (χ1n) is 6.23. The first-order chi connectivity index (χ1) is 8.74. The first kappa shape index (κ1) is 11.1. The van der Waals surface area contributed by atoms with Crippen molar-refractivity contribution in [2.24, 2.45) is 0 Å². The van der Waals surface area contributed by atoms with Crippen LogP contribution >= 0.6 is 0 Å². The molecule has 6 heteroatoms. The summed E-state index contributed by atoms with van der Waals surface area (Å²) in [6.07, 6.45) is 7.55. The van der Waals surface area contributed by atoms with Gasteiger partial charge in [-0.2, -0.15) is 0 Å². The summed E-state index contributed by atoms with van der Waals surface area (Å²) in [7, 11) is 0. The molecule has 2 N–H and O–H groups in total. The van der Waals surface area contributed by atoms with Crippen LogP contribution in [0.1, 0.15) is 43.7 Å². The summed E-state index contributed by atoms with van der Waals surface area (Å²) in [6, 6.07) is 0. The molecule has 1 aliphatic carbocycles. The zero-order valence-electron chi connectivity index (χ0n) is 9.90. The standard InChI is InChI=1S/C12H14N4O2/c17-11-9-10(15-12(18)16-11)14-8(6-13-9)7-4-2-1-3-5-7/h6-7H,1-5H2,(H2,14,15,16,17,18). The third-order valence-corrected chi connectivity index (χ3v) is 3.49. The Morgan fingerprint density at radius 3 is 2.67 bits per heavy atom. The Morgan fingerprint density at radius 2 is 1.89 bits per heavy atom. The zero-order valence-corrected chi connectivity index (χ0v) is 9.90. The first-order valence-corrected chi connectivity index (χ1v) is 6.23. The zero-order chi connectivity index (χ0) is 12.5. The molecule has 0 atom stereocenters. The van der Waals surface area contributed by atoms with Crippen LogP contribution < -0.4 is 11.2 Å². The minimum absolute atomic E-state index is 0.189. The van der Waals surface area contributed by atoms with Crippen molar-refractivity contribution >= 4 is 11.2 Å². The summed E-state index contributed by atoms with van der Waals surface area (Å²) in [6.45, 7) is 0. The van der Waals surface area contributed by atoms with Crippen molar-refractivity contribution in [3.05, 3.63) is 32.7 Å². The second-order valence-electron chi connectivity index (χ2n) is 4.74. The van der Waals surface area contributed by atoms with Gasteiger partial charge in [0.2, 0.25) is 0 Å². The van der Waals surface area contributed by atoms with Crippen molar-refractivity contribution in [2.75, 3.05) is 0 Å². The molecule has 0 saturated heterocycles. The summed E-state index contributed by atoms with van der Waals surface area (Å²) >= 11 is 0. The average molecular weight is 246 g/mol. The lowest BCUT2D eigenvalue weighted by molar-refractivity contribution is 0.436. The van der Waals surface area contributed by atoms with Gasteiger partial charge in [-0.05, 0) is 12.8 Å². The molecule has 2 aromatic rings. The van der Waals surface area contributed by atoms with Crippen LogP contribution in [0.4, 0.5) is 0 Å². The van der Waals surface area contributed by atoms with Crippen LogP contribution in [0.15, 0.2) is 15.8 Å². The number of nitrogens with zero attached hydrogens (tertiary/aromatic N) is 2. The maximum atomic E-state index is 11.5. The molecule has 1 fully saturated rings. The van der Waals surface area contributed by atoms with Gasteiger partial charge in [-0.3, -0.25) is 14.8 Å². The Balaban J connectivity index is 2.10. The van der Waals surface area contributed by atoms with Crippen LogP contribution in [-0.2, 0) is 0 Å². The van der Waals surface area contributed by atoms with E-state index in [9.17, 15) is 9.59 Å². The molecule has 0 amide bonds. The molecule has 6 nitrogen and oxygen atoms in total. The van der Waals surface area contributed by atoms with Gasteiger partial charge in [-0.15, -0.1) is 0 Å². The molecule has 0 spiro atoms. The van der Waals surface area contributed by atoms with Gasteiger partial charge in [0.25, 0.3) is 5.56 Å². The molecule has 0 bridgehead atoms. The van der Waals surface area contributed by atoms with E-state index in [1.54, 1.807) is 6.20 Å². The highest BCUT2D eigenvalue weighted by molar-refractivity contribution is 5.67. The van der Waals surface area contributed by atoms with E-state index in [0.29, 0.717) is 5.92 Å². The van der Waals surface area contributed by atoms with Gasteiger partial charge in [-0.25, -0.2) is 14.8 Å². The maximum absolute atomic E-state index is 11.5. The van der Waals surface area contributed by atoms with E-state index in [4.69, 9.17) is 0 Å². The van der Waals surface area contributed by atoms with Crippen LogP contribution in [0.25, 0.3) is 11.2 Å². The van der Waals surface area contributed by atoms with E-state index in [1.807, 2.05) is 0 Å². The van der Waals surface area contributed by atoms with Gasteiger partial charge in [0, 0.05) is 12.1 Å². The van der Waals surface area contributed by atoms with Crippen molar-refractivity contribution in [2.45, 2.75) is 38.0 Å². The van der Waals surface area contributed by atoms with Crippen LogP contribution in [-0.4, -0.2) is 19.9 Å². The van der Waals surface area contributed by atoms with Crippen LogP contribution in [0.5, 0.6) is 0 Å². The molecule has 0 unspecified atom stereocenters. The van der Waals surface area contributed by atoms with Gasteiger partial charge < -0.3 is 0 Å². The number of hydrogen-bond acceptors (Lipinski definition) is 4. The molecule has 18 heavy (non-hydrogen) atoms. The molecule has 3 rings (SSSR count). The number of H-pyrrole nitrogens is 2. The lowest BCUT2D eigenvalue weighted by Gasteiger charge is -2.20. The number of rotatable bonds is 1. The third-order valence-electron chi connectivity index (χ3n) is 3.49. The van der Waals surface area contributed by atoms with Gasteiger partial charge in [0.05, 0.1) is 5.69 Å². The van der Waals surface area contributed by atoms with Gasteiger partial charge in [0.1, 0.15) is 0 Å². The minimum atomic E-state index is -0.539. The number of fused-ring (bicyclic) bond motifs is 1. The highest BCUT2D eigenvalue weighted by Crippen LogP contribution is 2.31. The number of hydrogen-bond donors (Lipinski definition) is 2. The topological polar surface area (TPSA) is 91.5 Å². The summed E-state index contributed by atoms with van der Waals surface area (Å²) < 4.78 is 0. The summed E-state index contributed by atoms with van der Waals surface area (Å²) in [5.74, 6) is 0.401. The van der Waals surface area contributed by atoms with Gasteiger partial charge >= 0.3 is 5.69 Å². The molecule has 94 valence electrons. The van der Waals surface area contributed by atoms with Crippen molar-refractivity contribution in [3.63, 3.8) is 0 Å². The number of aromatic nitrogens is 4. The van der Waals surface area contributed by atoms with Crippen LogP contribution in [0.2, 0.25) is 0 Å². The Bertz CT molecular complexity index is 682. The fourth-order valence-electron chi connectivity index (χ4n) is 2.55. The van der Waals surface area contributed by atoms with Gasteiger partial charge in [-0.1, -0.05) is 19.3 Å². The average Bonchev–Trinajstić information content (AvgIpc) is 2.39. The second kappa shape index (κ2) is 4.36. The van der Waals surface area contributed by atoms with Crippen molar-refractivity contribution in [3.8, 4) is 0 Å². The van der Waals surface area contributed by atoms with E-state index >= 15 is 0 Å². The highest BCUT2D eigenvalue weighted by Gasteiger charge is 2.18. The van der Waals surface area contributed by atoms with E-state index in [2.05, 4.69) is 19.9 Å². The smallest absolute Gasteiger partial charge is 0.290 e. The van der Waals surface area contributed by atoms with E-state index < -0.39 is 11.2 Å². The summed E-state index contributed by atoms with van der Waals surface area (Å²) in [5.41, 5.74) is 0.323. The van der Waals surface area contributed by atoms with Crippen molar-refractivity contribution < 1.29 is 0 Å². The third kappa shape index (κ3) is 1.94. The van der Waals surface area contributed by atoms with E-state index in [1.165, 1.54) is 19.3 Å². The monoisotopic (exact) mass is 246 g/mol. The minimum Gasteiger partial charge on any atom is -0.290 e. The van der Waals surface area contributed by atoms with Crippen LogP contribution in [0.3, 0.4) is 0 Å². The fraction of sp³-hybridized carbons (Fsp3) is 0.500. The van der Waals surface area contributed by atoms with Gasteiger partial charge in [0.15, 0.2) is 11.2 Å². The Kier molecular flexibility index (Phi) is 2.70. The largest absolute Gasteiger partial charge is 0.327 e. The fourth-order valence-corrected chi connectivity index (χ4v) is 2.55. The quantitative estimate of drug-likeness (QED) is 0.786. The molecule has 0 radical (unpaired) electrons. The van der Waals surface area contributed by atoms with E-state index in [-0.39, 0.29) is 11.2 Å².